The van der Waals surface area contributed by atoms with Crippen molar-refractivity contribution < 1.29 is 17.0 Å². The monoisotopic (exact) mass is 190 g/mol. The molecule has 0 aliphatic heterocycles. The number of halogens is 1. The Morgan fingerprint density at radius 2 is 1.83 bits per heavy atom. The third-order valence-corrected chi connectivity index (χ3v) is 1.51. The van der Waals surface area contributed by atoms with Crippen molar-refractivity contribution in [2.75, 3.05) is 5.94 Å². The molecule has 0 bridgehead atoms. The first-order valence-electron chi connectivity index (χ1n) is 3.18. The zero-order valence-electron chi connectivity index (χ0n) is 6.10. The molecule has 0 heterocycles. The standard InChI is InChI=1S/C7H7FO3S/c8-12(9,10)6-11-7-4-2-1-3-5-7/h1-5H,6H2. The van der Waals surface area contributed by atoms with Gasteiger partial charge < -0.3 is 4.74 Å². The van der Waals surface area contributed by atoms with Gasteiger partial charge in [-0.05, 0) is 12.1 Å². The molecule has 0 N–H and O–H groups in total. The molecular weight excluding hydrogens is 183 g/mol. The van der Waals surface area contributed by atoms with Gasteiger partial charge in [0.05, 0.1) is 0 Å². The molecule has 0 aromatic heterocycles. The van der Waals surface area contributed by atoms with Gasteiger partial charge in [-0.2, -0.15) is 8.42 Å². The molecule has 1 rings (SSSR count). The minimum Gasteiger partial charge on any atom is -0.475 e. The smallest absolute Gasteiger partial charge is 0.337 e. The van der Waals surface area contributed by atoms with Crippen LogP contribution in [0.3, 0.4) is 0 Å². The predicted octanol–water partition coefficient (Wildman–Crippen LogP) is 1.32. The molecule has 0 saturated carbocycles. The van der Waals surface area contributed by atoms with Crippen molar-refractivity contribution in [2.24, 2.45) is 0 Å². The first-order chi connectivity index (χ1) is 5.58. The molecule has 0 unspecified atom stereocenters. The summed E-state index contributed by atoms with van der Waals surface area (Å²) < 4.78 is 36.6. The van der Waals surface area contributed by atoms with E-state index in [1.165, 1.54) is 0 Å². The van der Waals surface area contributed by atoms with Crippen molar-refractivity contribution >= 4 is 10.2 Å². The number of para-hydroxylation sites is 1. The van der Waals surface area contributed by atoms with Crippen LogP contribution < -0.4 is 4.74 Å². The van der Waals surface area contributed by atoms with E-state index in [1.54, 1.807) is 30.3 Å². The fraction of sp³-hybridized carbons (Fsp3) is 0.143. The van der Waals surface area contributed by atoms with E-state index in [2.05, 4.69) is 4.74 Å². The Labute approximate surface area is 70.0 Å². The molecule has 0 aliphatic rings. The van der Waals surface area contributed by atoms with E-state index in [4.69, 9.17) is 0 Å². The van der Waals surface area contributed by atoms with Crippen LogP contribution in [-0.2, 0) is 10.2 Å². The molecule has 1 aromatic carbocycles. The average molecular weight is 190 g/mol. The van der Waals surface area contributed by atoms with Gasteiger partial charge in [0.25, 0.3) is 0 Å². The third-order valence-electron chi connectivity index (χ3n) is 1.11. The highest BCUT2D eigenvalue weighted by Crippen LogP contribution is 2.09. The van der Waals surface area contributed by atoms with Crippen LogP contribution in [-0.4, -0.2) is 14.4 Å². The second-order valence-corrected chi connectivity index (χ2v) is 3.43. The van der Waals surface area contributed by atoms with Crippen molar-refractivity contribution in [1.82, 2.24) is 0 Å². The lowest BCUT2D eigenvalue weighted by Crippen LogP contribution is -2.05. The number of ether oxygens (including phenoxy) is 1. The highest BCUT2D eigenvalue weighted by molar-refractivity contribution is 7.86. The lowest BCUT2D eigenvalue weighted by atomic mass is 10.3. The van der Waals surface area contributed by atoms with E-state index >= 15 is 0 Å². The Morgan fingerprint density at radius 1 is 1.25 bits per heavy atom. The molecular formula is C7H7FO3S. The van der Waals surface area contributed by atoms with Crippen LogP contribution in [0.1, 0.15) is 0 Å². The summed E-state index contributed by atoms with van der Waals surface area (Å²) in [5.74, 6) is -0.601. The summed E-state index contributed by atoms with van der Waals surface area (Å²) in [7, 11) is -4.54. The summed E-state index contributed by atoms with van der Waals surface area (Å²) in [6, 6.07) is 8.17. The van der Waals surface area contributed by atoms with Gasteiger partial charge in [-0.3, -0.25) is 0 Å². The van der Waals surface area contributed by atoms with Gasteiger partial charge in [-0.15, -0.1) is 3.89 Å². The molecule has 0 atom stereocenters. The van der Waals surface area contributed by atoms with Crippen molar-refractivity contribution in [3.05, 3.63) is 30.3 Å². The van der Waals surface area contributed by atoms with Gasteiger partial charge >= 0.3 is 10.2 Å². The molecule has 66 valence electrons. The SMILES string of the molecule is O=S(=O)(F)COc1ccccc1. The normalized spacial score (nSPS) is 11.1. The van der Waals surface area contributed by atoms with Crippen LogP contribution in [0, 0.1) is 0 Å². The number of rotatable bonds is 3. The maximum Gasteiger partial charge on any atom is 0.337 e. The van der Waals surface area contributed by atoms with Crippen molar-refractivity contribution in [1.29, 1.82) is 0 Å². The Kier molecular flexibility index (Phi) is 2.65. The van der Waals surface area contributed by atoms with Gasteiger partial charge in [-0.1, -0.05) is 18.2 Å². The largest absolute Gasteiger partial charge is 0.475 e. The Balaban J connectivity index is 2.56. The summed E-state index contributed by atoms with van der Waals surface area (Å²) in [5.41, 5.74) is 0. The summed E-state index contributed by atoms with van der Waals surface area (Å²) in [5, 5.41) is 0. The fourth-order valence-electron chi connectivity index (χ4n) is 0.655. The lowest BCUT2D eigenvalue weighted by molar-refractivity contribution is 0.367. The van der Waals surface area contributed by atoms with Crippen LogP contribution in [0.15, 0.2) is 30.3 Å². The summed E-state index contributed by atoms with van der Waals surface area (Å²) in [6.07, 6.45) is 0. The van der Waals surface area contributed by atoms with Crippen molar-refractivity contribution in [2.45, 2.75) is 0 Å². The zero-order chi connectivity index (χ0) is 9.03. The molecule has 0 radical (unpaired) electrons. The molecule has 0 spiro atoms. The van der Waals surface area contributed by atoms with Crippen molar-refractivity contribution in [3.63, 3.8) is 0 Å². The first kappa shape index (κ1) is 8.99. The molecule has 12 heavy (non-hydrogen) atoms. The van der Waals surface area contributed by atoms with Crippen LogP contribution in [0.5, 0.6) is 5.75 Å². The zero-order valence-corrected chi connectivity index (χ0v) is 6.92. The molecule has 1 aromatic rings. The van der Waals surface area contributed by atoms with E-state index in [0.29, 0.717) is 5.75 Å². The summed E-state index contributed by atoms with van der Waals surface area (Å²) in [6.45, 7) is 0. The number of hydrogen-bond acceptors (Lipinski definition) is 3. The van der Waals surface area contributed by atoms with Gasteiger partial charge in [0.2, 0.25) is 5.94 Å². The average Bonchev–Trinajstić information content (AvgIpc) is 2.02. The van der Waals surface area contributed by atoms with E-state index < -0.39 is 16.2 Å². The second-order valence-electron chi connectivity index (χ2n) is 2.11. The van der Waals surface area contributed by atoms with Crippen LogP contribution in [0.2, 0.25) is 0 Å². The maximum absolute atomic E-state index is 11.9. The van der Waals surface area contributed by atoms with E-state index in [-0.39, 0.29) is 0 Å². The predicted molar refractivity (Wildman–Crippen MR) is 42.0 cm³/mol. The summed E-state index contributed by atoms with van der Waals surface area (Å²) in [4.78, 5) is 0. The molecule has 0 aliphatic carbocycles. The minimum absolute atomic E-state index is 0.332. The fourth-order valence-corrected chi connectivity index (χ4v) is 0.932. The van der Waals surface area contributed by atoms with Crippen LogP contribution >= 0.6 is 0 Å². The van der Waals surface area contributed by atoms with E-state index in [0.717, 1.165) is 0 Å². The minimum atomic E-state index is -4.54. The highest BCUT2D eigenvalue weighted by Gasteiger charge is 2.06. The molecule has 0 fully saturated rings. The number of benzene rings is 1. The Hall–Kier alpha value is -1.10. The van der Waals surface area contributed by atoms with Gasteiger partial charge in [0.1, 0.15) is 5.75 Å². The Bertz CT molecular complexity index is 333. The van der Waals surface area contributed by atoms with E-state index in [9.17, 15) is 12.3 Å². The second kappa shape index (κ2) is 3.53. The molecule has 0 amide bonds. The lowest BCUT2D eigenvalue weighted by Gasteiger charge is -2.00. The van der Waals surface area contributed by atoms with Crippen LogP contribution in [0.4, 0.5) is 3.89 Å². The van der Waals surface area contributed by atoms with Crippen LogP contribution in [0.25, 0.3) is 0 Å². The topological polar surface area (TPSA) is 43.4 Å². The van der Waals surface area contributed by atoms with Gasteiger partial charge in [0, 0.05) is 0 Å². The molecule has 3 nitrogen and oxygen atoms in total. The third kappa shape index (κ3) is 3.34. The van der Waals surface area contributed by atoms with Gasteiger partial charge in [-0.25, -0.2) is 0 Å². The maximum atomic E-state index is 11.9. The van der Waals surface area contributed by atoms with E-state index in [1.807, 2.05) is 0 Å². The van der Waals surface area contributed by atoms with Gasteiger partial charge in [0.15, 0.2) is 0 Å². The van der Waals surface area contributed by atoms with Crippen molar-refractivity contribution in [3.8, 4) is 5.75 Å². The molecule has 0 saturated heterocycles. The quantitative estimate of drug-likeness (QED) is 0.675. The first-order valence-corrected chi connectivity index (χ1v) is 4.73. The summed E-state index contributed by atoms with van der Waals surface area (Å²) >= 11 is 0. The highest BCUT2D eigenvalue weighted by atomic mass is 32.3. The Morgan fingerprint density at radius 3 is 2.33 bits per heavy atom. The molecule has 5 heteroatoms. The number of hydrogen-bond donors (Lipinski definition) is 0.